The van der Waals surface area contributed by atoms with Crippen molar-refractivity contribution in [1.82, 2.24) is 10.3 Å². The number of anilines is 1. The predicted octanol–water partition coefficient (Wildman–Crippen LogP) is 3.18. The lowest BCUT2D eigenvalue weighted by Gasteiger charge is -2.21. The number of nitrogens with one attached hydrogen (secondary N) is 1. The van der Waals surface area contributed by atoms with Crippen molar-refractivity contribution in [2.75, 3.05) is 18.6 Å². The molecule has 37 heavy (non-hydrogen) atoms. The van der Waals surface area contributed by atoms with Gasteiger partial charge in [-0.25, -0.2) is 9.98 Å². The summed E-state index contributed by atoms with van der Waals surface area (Å²) < 4.78 is 5.08. The van der Waals surface area contributed by atoms with Crippen molar-refractivity contribution >= 4 is 40.6 Å². The lowest BCUT2D eigenvalue weighted by molar-refractivity contribution is -0.384. The molecule has 2 amide bonds. The fourth-order valence-electron chi connectivity index (χ4n) is 4.42. The van der Waals surface area contributed by atoms with Gasteiger partial charge < -0.3 is 15.0 Å². The number of hydrogen-bond acceptors (Lipinski definition) is 8. The highest BCUT2D eigenvalue weighted by molar-refractivity contribution is 6.21. The van der Waals surface area contributed by atoms with Crippen LogP contribution in [-0.2, 0) is 16.0 Å². The molecular weight excluding hydrogens is 476 g/mol. The van der Waals surface area contributed by atoms with Crippen molar-refractivity contribution in [2.24, 2.45) is 9.98 Å². The van der Waals surface area contributed by atoms with Crippen LogP contribution in [0.2, 0.25) is 0 Å². The number of hydrogen-bond donors (Lipinski definition) is 1. The van der Waals surface area contributed by atoms with E-state index in [9.17, 15) is 19.7 Å². The van der Waals surface area contributed by atoms with Crippen molar-refractivity contribution in [2.45, 2.75) is 19.5 Å². The minimum atomic E-state index is -1.28. The lowest BCUT2D eigenvalue weighted by Crippen LogP contribution is -2.47. The van der Waals surface area contributed by atoms with Crippen LogP contribution < -0.4 is 10.2 Å². The summed E-state index contributed by atoms with van der Waals surface area (Å²) in [5.41, 5.74) is 2.84. The van der Waals surface area contributed by atoms with Gasteiger partial charge in [0.2, 0.25) is 6.17 Å². The minimum Gasteiger partial charge on any atom is -0.484 e. The Kier molecular flexibility index (Phi) is 6.18. The van der Waals surface area contributed by atoms with E-state index in [0.29, 0.717) is 47.0 Å². The van der Waals surface area contributed by atoms with Crippen molar-refractivity contribution in [1.29, 1.82) is 0 Å². The van der Waals surface area contributed by atoms with E-state index in [1.165, 1.54) is 30.3 Å². The van der Waals surface area contributed by atoms with Crippen LogP contribution in [0.1, 0.15) is 34.0 Å². The summed E-state index contributed by atoms with van der Waals surface area (Å²) in [4.78, 5) is 52.8. The van der Waals surface area contributed by atoms with E-state index in [0.717, 1.165) is 0 Å². The Bertz CT molecular complexity index is 1480. The first-order chi connectivity index (χ1) is 17.9. The topological polar surface area (TPSA) is 139 Å². The molecule has 0 aliphatic carbocycles. The Labute approximate surface area is 211 Å². The molecule has 0 saturated carbocycles. The van der Waals surface area contributed by atoms with Gasteiger partial charge in [0.25, 0.3) is 17.5 Å². The highest BCUT2D eigenvalue weighted by atomic mass is 16.6. The average molecular weight is 498 g/mol. The summed E-state index contributed by atoms with van der Waals surface area (Å²) in [6, 6.07) is 15.1. The third-order valence-corrected chi connectivity index (χ3v) is 6.18. The van der Waals surface area contributed by atoms with Gasteiger partial charge in [0.1, 0.15) is 0 Å². The predicted molar refractivity (Wildman–Crippen MR) is 137 cm³/mol. The van der Waals surface area contributed by atoms with Crippen LogP contribution in [0.4, 0.5) is 17.2 Å². The smallest absolute Gasteiger partial charge is 0.272 e. The largest absolute Gasteiger partial charge is 0.484 e. The molecular formula is C26H22N6O5. The molecule has 11 nitrogen and oxygen atoms in total. The molecule has 0 radical (unpaired) electrons. The number of carbonyl (C=O) groups is 2. The highest BCUT2D eigenvalue weighted by Gasteiger charge is 2.38. The number of ether oxygens (including phenoxy) is 1. The molecule has 0 fully saturated rings. The van der Waals surface area contributed by atoms with Crippen molar-refractivity contribution in [3.63, 3.8) is 0 Å². The van der Waals surface area contributed by atoms with Crippen LogP contribution in [0.5, 0.6) is 0 Å². The zero-order valence-electron chi connectivity index (χ0n) is 20.0. The van der Waals surface area contributed by atoms with Gasteiger partial charge in [-0.1, -0.05) is 30.3 Å². The molecule has 2 aliphatic rings. The van der Waals surface area contributed by atoms with Gasteiger partial charge in [0.05, 0.1) is 29.0 Å². The number of aliphatic imine (C=N–C) groups is 2. The van der Waals surface area contributed by atoms with Gasteiger partial charge >= 0.3 is 0 Å². The zero-order valence-corrected chi connectivity index (χ0v) is 20.0. The number of rotatable bonds is 5. The molecule has 0 saturated heterocycles. The maximum Gasteiger partial charge on any atom is 0.272 e. The quantitative estimate of drug-likeness (QED) is 0.248. The Morgan fingerprint density at radius 2 is 2.00 bits per heavy atom. The Morgan fingerprint density at radius 1 is 1.22 bits per heavy atom. The second-order valence-electron chi connectivity index (χ2n) is 8.43. The van der Waals surface area contributed by atoms with Crippen molar-refractivity contribution < 1.29 is 19.2 Å². The Hall–Kier alpha value is -4.93. The molecule has 5 rings (SSSR count). The molecule has 11 heteroatoms. The van der Waals surface area contributed by atoms with E-state index in [1.807, 2.05) is 18.2 Å². The first-order valence-electron chi connectivity index (χ1n) is 11.5. The number of non-ortho nitro benzene ring substituents is 1. The summed E-state index contributed by atoms with van der Waals surface area (Å²) in [7, 11) is 1.46. The molecule has 2 aromatic carbocycles. The van der Waals surface area contributed by atoms with E-state index in [1.54, 1.807) is 31.2 Å². The molecule has 2 aliphatic heterocycles. The van der Waals surface area contributed by atoms with Crippen LogP contribution in [0.25, 0.3) is 0 Å². The number of nitro benzene ring substituents is 1. The number of amides is 2. The second kappa shape index (κ2) is 9.61. The van der Waals surface area contributed by atoms with Crippen LogP contribution >= 0.6 is 0 Å². The van der Waals surface area contributed by atoms with Gasteiger partial charge in [0, 0.05) is 42.9 Å². The maximum atomic E-state index is 13.7. The highest BCUT2D eigenvalue weighted by Crippen LogP contribution is 2.39. The second-order valence-corrected chi connectivity index (χ2v) is 8.43. The molecule has 186 valence electrons. The fraction of sp³-hybridized carbons (Fsp3) is 0.192. The van der Waals surface area contributed by atoms with Gasteiger partial charge in [0.15, 0.2) is 11.7 Å². The molecule has 3 aromatic rings. The van der Waals surface area contributed by atoms with Gasteiger partial charge in [-0.3, -0.25) is 19.7 Å². The monoisotopic (exact) mass is 498 g/mol. The SMILES string of the molecule is COC(C)=Nc1ncccc1C(=O)NC1N=C(c2ccccc2)c2cc([N+](=O)[O-])cc3c2N(CC3)C1=O. The maximum absolute atomic E-state index is 13.7. The van der Waals surface area contributed by atoms with Crippen LogP contribution in [0, 0.1) is 10.1 Å². The Morgan fingerprint density at radius 3 is 2.73 bits per heavy atom. The number of methoxy groups -OCH3 is 1. The third kappa shape index (κ3) is 4.42. The lowest BCUT2D eigenvalue weighted by atomic mass is 9.97. The number of nitro groups is 1. The van der Waals surface area contributed by atoms with E-state index in [2.05, 4.69) is 20.3 Å². The summed E-state index contributed by atoms with van der Waals surface area (Å²) >= 11 is 0. The van der Waals surface area contributed by atoms with Gasteiger partial charge in [-0.05, 0) is 24.1 Å². The molecule has 1 atom stereocenters. The zero-order chi connectivity index (χ0) is 26.1. The van der Waals surface area contributed by atoms with E-state index in [4.69, 9.17) is 4.74 Å². The van der Waals surface area contributed by atoms with E-state index < -0.39 is 22.9 Å². The molecule has 0 bridgehead atoms. The molecule has 0 spiro atoms. The van der Waals surface area contributed by atoms with Crippen LogP contribution in [-0.4, -0.2) is 53.2 Å². The molecule has 1 unspecified atom stereocenters. The number of nitrogens with zero attached hydrogens (tertiary/aromatic N) is 5. The Balaban J connectivity index is 1.62. The minimum absolute atomic E-state index is 0.0828. The average Bonchev–Trinajstić information content (AvgIpc) is 3.30. The number of pyridine rings is 1. The number of aromatic nitrogens is 1. The summed E-state index contributed by atoms with van der Waals surface area (Å²) in [6.45, 7) is 1.95. The fourth-order valence-corrected chi connectivity index (χ4v) is 4.42. The molecule has 1 N–H and O–H groups in total. The summed E-state index contributed by atoms with van der Waals surface area (Å²) in [5.74, 6) is -0.587. The van der Waals surface area contributed by atoms with Crippen molar-refractivity contribution in [3.8, 4) is 0 Å². The van der Waals surface area contributed by atoms with E-state index >= 15 is 0 Å². The first-order valence-corrected chi connectivity index (χ1v) is 11.5. The first kappa shape index (κ1) is 23.8. The molecule has 1 aromatic heterocycles. The van der Waals surface area contributed by atoms with Gasteiger partial charge in [-0.15, -0.1) is 0 Å². The summed E-state index contributed by atoms with van der Waals surface area (Å²) in [5, 5.41) is 14.4. The standard InChI is InChI=1S/C26H22N6O5/c1-15(37-2)28-23-19(9-6-11-27-23)25(33)30-24-26(34)31-12-10-17-13-18(32(35)36)14-20(22(17)31)21(29-24)16-7-4-3-5-8-16/h3-9,11,13-14,24H,10,12H2,1-2H3,(H,30,33). The molecule has 3 heterocycles. The third-order valence-electron chi connectivity index (χ3n) is 6.18. The number of carbonyl (C=O) groups excluding carboxylic acids is 2. The summed E-state index contributed by atoms with van der Waals surface area (Å²) in [6.07, 6.45) is 0.674. The van der Waals surface area contributed by atoms with Crippen LogP contribution in [0.3, 0.4) is 0 Å². The normalized spacial score (nSPS) is 16.5. The number of benzene rings is 2. The van der Waals surface area contributed by atoms with Crippen LogP contribution in [0.15, 0.2) is 70.8 Å². The van der Waals surface area contributed by atoms with Crippen molar-refractivity contribution in [3.05, 3.63) is 93.2 Å². The van der Waals surface area contributed by atoms with Gasteiger partial charge in [-0.2, -0.15) is 4.99 Å². The van der Waals surface area contributed by atoms with E-state index in [-0.39, 0.29) is 17.1 Å².